The summed E-state index contributed by atoms with van der Waals surface area (Å²) < 4.78 is 38.7. The molecule has 1 saturated heterocycles. The van der Waals surface area contributed by atoms with E-state index >= 15 is 0 Å². The molecule has 0 saturated carbocycles. The second kappa shape index (κ2) is 10.9. The molecule has 3 aromatic heterocycles. The molecule has 188 valence electrons. The fourth-order valence-corrected chi connectivity index (χ4v) is 3.53. The molecule has 0 aliphatic carbocycles. The van der Waals surface area contributed by atoms with Crippen LogP contribution in [0.2, 0.25) is 0 Å². The molecule has 0 aromatic carbocycles. The summed E-state index contributed by atoms with van der Waals surface area (Å²) in [5, 5.41) is 11.6. The number of amides is 2. The highest BCUT2D eigenvalue weighted by Crippen LogP contribution is 2.31. The number of hydrogen-bond donors (Lipinski definition) is 2. The molecule has 2 N–H and O–H groups in total. The Hall–Kier alpha value is -4.42. The molecule has 1 aliphatic heterocycles. The van der Waals surface area contributed by atoms with Gasteiger partial charge in [-0.3, -0.25) is 9.78 Å². The van der Waals surface area contributed by atoms with Gasteiger partial charge >= 0.3 is 6.09 Å². The minimum Gasteiger partial charge on any atom is -0.488 e. The van der Waals surface area contributed by atoms with Gasteiger partial charge in [-0.15, -0.1) is 0 Å². The first kappa shape index (κ1) is 24.7. The van der Waals surface area contributed by atoms with Crippen LogP contribution in [0.15, 0.2) is 43.1 Å². The van der Waals surface area contributed by atoms with Crippen LogP contribution in [0.1, 0.15) is 23.7 Å². The lowest BCUT2D eigenvalue weighted by Crippen LogP contribution is -2.54. The highest BCUT2D eigenvalue weighted by atomic mass is 19.1. The van der Waals surface area contributed by atoms with Crippen molar-refractivity contribution >= 4 is 12.0 Å². The number of carbonyl (C=O) groups is 2. The molecule has 13 heteroatoms. The Balaban J connectivity index is 1.45. The second-order valence-electron chi connectivity index (χ2n) is 7.81. The number of likely N-dealkylation sites (tertiary alicyclic amines) is 1. The summed E-state index contributed by atoms with van der Waals surface area (Å²) in [4.78, 5) is 41.1. The lowest BCUT2D eigenvalue weighted by atomic mass is 10.0. The predicted octanol–water partition coefficient (Wildman–Crippen LogP) is 3.08. The van der Waals surface area contributed by atoms with E-state index in [1.54, 1.807) is 13.0 Å². The molecule has 4 rings (SSSR count). The van der Waals surface area contributed by atoms with E-state index in [1.165, 1.54) is 24.8 Å². The summed E-state index contributed by atoms with van der Waals surface area (Å²) in [6, 6.07) is 1.77. The fourth-order valence-electron chi connectivity index (χ4n) is 3.53. The standard InChI is InChI=1S/C23H22F2N6O5/c1-2-35-19-6-15(24)10-29-22(19)36-16-5-13(7-26-11-16)20-27-8-14(9-28-20)21(32)30-18-12-31(23(33)34)4-3-17(18)25/h5-11,17-18H,2-4,12H2,1H3,(H,30,32)(H,33,34)/t17-,18+/m0/s1. The number of nitrogens with one attached hydrogen (secondary N) is 1. The third-order valence-corrected chi connectivity index (χ3v) is 5.30. The van der Waals surface area contributed by atoms with Crippen molar-refractivity contribution in [2.24, 2.45) is 0 Å². The summed E-state index contributed by atoms with van der Waals surface area (Å²) in [6.07, 6.45) is 3.91. The highest BCUT2D eigenvalue weighted by Gasteiger charge is 2.32. The quantitative estimate of drug-likeness (QED) is 0.501. The SMILES string of the molecule is CCOc1cc(F)cnc1Oc1cncc(-c2ncc(C(=O)N[C@@H]3CN(C(=O)O)CC[C@@H]3F)cn2)c1. The van der Waals surface area contributed by atoms with E-state index in [0.29, 0.717) is 5.56 Å². The second-order valence-corrected chi connectivity index (χ2v) is 7.81. The van der Waals surface area contributed by atoms with Gasteiger partial charge in [0.15, 0.2) is 11.6 Å². The van der Waals surface area contributed by atoms with Crippen LogP contribution in [-0.4, -0.2) is 73.9 Å². The maximum absolute atomic E-state index is 14.2. The van der Waals surface area contributed by atoms with E-state index in [0.717, 1.165) is 17.2 Å². The van der Waals surface area contributed by atoms with Crippen LogP contribution in [0.5, 0.6) is 17.4 Å². The van der Waals surface area contributed by atoms with Gasteiger partial charge in [0.25, 0.3) is 11.8 Å². The van der Waals surface area contributed by atoms with Crippen LogP contribution in [0.4, 0.5) is 13.6 Å². The van der Waals surface area contributed by atoms with Crippen molar-refractivity contribution in [3.8, 4) is 28.8 Å². The predicted molar refractivity (Wildman–Crippen MR) is 121 cm³/mol. The number of carboxylic acid groups (broad SMARTS) is 1. The van der Waals surface area contributed by atoms with Crippen molar-refractivity contribution in [2.45, 2.75) is 25.6 Å². The third kappa shape index (κ3) is 5.79. The van der Waals surface area contributed by atoms with E-state index in [1.807, 2.05) is 0 Å². The van der Waals surface area contributed by atoms with Gasteiger partial charge in [0.05, 0.1) is 30.6 Å². The molecular weight excluding hydrogens is 478 g/mol. The molecule has 4 heterocycles. The Morgan fingerprint density at radius 2 is 1.94 bits per heavy atom. The number of carbonyl (C=O) groups excluding carboxylic acids is 1. The van der Waals surface area contributed by atoms with Gasteiger partial charge in [0, 0.05) is 43.3 Å². The Kier molecular flexibility index (Phi) is 7.47. The molecule has 36 heavy (non-hydrogen) atoms. The number of hydrogen-bond acceptors (Lipinski definition) is 8. The Morgan fingerprint density at radius 3 is 2.67 bits per heavy atom. The molecule has 2 atom stereocenters. The maximum Gasteiger partial charge on any atom is 0.407 e. The Bertz CT molecular complexity index is 1250. The Labute approximate surface area is 204 Å². The monoisotopic (exact) mass is 500 g/mol. The first-order chi connectivity index (χ1) is 17.3. The van der Waals surface area contributed by atoms with Crippen LogP contribution in [0, 0.1) is 5.82 Å². The molecule has 0 unspecified atom stereocenters. The number of ether oxygens (including phenoxy) is 2. The number of aromatic nitrogens is 4. The molecule has 0 radical (unpaired) electrons. The van der Waals surface area contributed by atoms with Crippen molar-refractivity contribution in [1.82, 2.24) is 30.2 Å². The average molecular weight is 500 g/mol. The molecule has 1 aliphatic rings. The molecule has 1 fully saturated rings. The smallest absolute Gasteiger partial charge is 0.407 e. The normalized spacial score (nSPS) is 17.4. The van der Waals surface area contributed by atoms with E-state index in [4.69, 9.17) is 14.6 Å². The van der Waals surface area contributed by atoms with Crippen LogP contribution < -0.4 is 14.8 Å². The number of nitrogens with zero attached hydrogens (tertiary/aromatic N) is 5. The first-order valence-electron chi connectivity index (χ1n) is 11.0. The minimum absolute atomic E-state index is 0.00238. The average Bonchev–Trinajstić information content (AvgIpc) is 2.87. The zero-order chi connectivity index (χ0) is 25.7. The van der Waals surface area contributed by atoms with Crippen LogP contribution in [-0.2, 0) is 0 Å². The van der Waals surface area contributed by atoms with Gasteiger partial charge in [-0.1, -0.05) is 0 Å². The molecule has 0 spiro atoms. The topological polar surface area (TPSA) is 140 Å². The molecular formula is C23H22F2N6O5. The van der Waals surface area contributed by atoms with Crippen molar-refractivity contribution in [1.29, 1.82) is 0 Å². The van der Waals surface area contributed by atoms with Gasteiger partial charge in [-0.05, 0) is 19.4 Å². The van der Waals surface area contributed by atoms with Crippen molar-refractivity contribution in [3.05, 3.63) is 54.5 Å². The minimum atomic E-state index is -1.36. The van der Waals surface area contributed by atoms with E-state index in [9.17, 15) is 18.4 Å². The number of alkyl halides is 1. The van der Waals surface area contributed by atoms with Crippen molar-refractivity contribution < 1.29 is 33.0 Å². The highest BCUT2D eigenvalue weighted by molar-refractivity contribution is 5.94. The number of piperidine rings is 1. The molecule has 2 amide bonds. The van der Waals surface area contributed by atoms with Crippen molar-refractivity contribution in [2.75, 3.05) is 19.7 Å². The van der Waals surface area contributed by atoms with Crippen LogP contribution in [0.25, 0.3) is 11.4 Å². The number of pyridine rings is 2. The third-order valence-electron chi connectivity index (χ3n) is 5.30. The number of rotatable bonds is 7. The van der Waals surface area contributed by atoms with Gasteiger partial charge in [-0.2, -0.15) is 0 Å². The zero-order valence-electron chi connectivity index (χ0n) is 19.1. The van der Waals surface area contributed by atoms with E-state index < -0.39 is 30.0 Å². The Morgan fingerprint density at radius 1 is 1.17 bits per heavy atom. The summed E-state index contributed by atoms with van der Waals surface area (Å²) in [5.74, 6) is -0.496. The first-order valence-corrected chi connectivity index (χ1v) is 11.0. The fraction of sp³-hybridized carbons (Fsp3) is 0.304. The summed E-state index contributed by atoms with van der Waals surface area (Å²) in [7, 11) is 0. The lowest BCUT2D eigenvalue weighted by Gasteiger charge is -2.33. The van der Waals surface area contributed by atoms with Gasteiger partial charge < -0.3 is 24.8 Å². The molecule has 0 bridgehead atoms. The molecule has 3 aromatic rings. The largest absolute Gasteiger partial charge is 0.488 e. The molecule has 11 nitrogen and oxygen atoms in total. The van der Waals surface area contributed by atoms with E-state index in [-0.39, 0.29) is 54.9 Å². The van der Waals surface area contributed by atoms with Crippen LogP contribution in [0.3, 0.4) is 0 Å². The van der Waals surface area contributed by atoms with E-state index in [2.05, 4.69) is 25.3 Å². The van der Waals surface area contributed by atoms with Gasteiger partial charge in [0.2, 0.25) is 0 Å². The summed E-state index contributed by atoms with van der Waals surface area (Å²) in [6.45, 7) is 1.96. The zero-order valence-corrected chi connectivity index (χ0v) is 19.1. The van der Waals surface area contributed by atoms with Crippen LogP contribution >= 0.6 is 0 Å². The van der Waals surface area contributed by atoms with Gasteiger partial charge in [-0.25, -0.2) is 28.5 Å². The summed E-state index contributed by atoms with van der Waals surface area (Å²) in [5.41, 5.74) is 0.545. The summed E-state index contributed by atoms with van der Waals surface area (Å²) >= 11 is 0. The number of halogens is 2. The van der Waals surface area contributed by atoms with Gasteiger partial charge in [0.1, 0.15) is 17.7 Å². The lowest BCUT2D eigenvalue weighted by molar-refractivity contribution is 0.0752. The van der Waals surface area contributed by atoms with Crippen molar-refractivity contribution in [3.63, 3.8) is 0 Å². The maximum atomic E-state index is 14.2.